The third-order valence-electron chi connectivity index (χ3n) is 15.3. The Morgan fingerprint density at radius 2 is 0.778 bits per heavy atom. The van der Waals surface area contributed by atoms with Crippen molar-refractivity contribution < 1.29 is 0 Å². The van der Waals surface area contributed by atoms with Gasteiger partial charge in [0.05, 0.1) is 11.0 Å². The maximum atomic E-state index is 2.48. The lowest BCUT2D eigenvalue weighted by atomic mass is 9.81. The van der Waals surface area contributed by atoms with E-state index in [0.29, 0.717) is 0 Å². The van der Waals surface area contributed by atoms with Crippen LogP contribution < -0.4 is 9.80 Å². The molecule has 3 nitrogen and oxygen atoms in total. The summed E-state index contributed by atoms with van der Waals surface area (Å²) >= 11 is 0. The molecular formula is C69H49N3. The molecule has 0 saturated heterocycles. The first-order chi connectivity index (χ1) is 35.4. The minimum absolute atomic E-state index is 0.261. The maximum Gasteiger partial charge on any atom is 0.0553 e. The summed E-state index contributed by atoms with van der Waals surface area (Å²) in [4.78, 5) is 4.73. The van der Waals surface area contributed by atoms with E-state index in [1.165, 1.54) is 93.5 Å². The average molecular weight is 920 g/mol. The van der Waals surface area contributed by atoms with Crippen LogP contribution in [-0.4, -0.2) is 4.57 Å². The zero-order valence-electron chi connectivity index (χ0n) is 40.2. The fraction of sp³-hybridized carbons (Fsp3) is 0.0435. The van der Waals surface area contributed by atoms with Crippen LogP contribution in [0.1, 0.15) is 25.0 Å². The van der Waals surface area contributed by atoms with Crippen molar-refractivity contribution in [1.29, 1.82) is 0 Å². The van der Waals surface area contributed by atoms with Gasteiger partial charge in [-0.2, -0.15) is 0 Å². The zero-order chi connectivity index (χ0) is 47.9. The molecule has 0 spiro atoms. The van der Waals surface area contributed by atoms with E-state index in [0.717, 1.165) is 34.1 Å². The lowest BCUT2D eigenvalue weighted by Gasteiger charge is -2.29. The molecule has 0 N–H and O–H groups in total. The summed E-state index contributed by atoms with van der Waals surface area (Å²) in [5.41, 5.74) is 20.1. The van der Waals surface area contributed by atoms with Crippen LogP contribution in [0.2, 0.25) is 0 Å². The third-order valence-corrected chi connectivity index (χ3v) is 15.3. The SMILES string of the molecule is CC1(C)c2cc(-c3cc4ccc5cccc6c5c4c(c3)n6-c3ccc4ccccc4c3)ccc2-c2ccc(N(c3ccc(-c4ccccc4)cc3)c3ccc(N(c4ccccc4)c4ccccc4)cc3)cc21. The molecule has 3 heteroatoms. The number of hydrogen-bond acceptors (Lipinski definition) is 2. The van der Waals surface area contributed by atoms with Crippen molar-refractivity contribution in [2.75, 3.05) is 9.80 Å². The van der Waals surface area contributed by atoms with Crippen molar-refractivity contribution in [3.05, 3.63) is 272 Å². The first-order valence-corrected chi connectivity index (χ1v) is 25.0. The van der Waals surface area contributed by atoms with Crippen LogP contribution in [0.5, 0.6) is 0 Å². The molecule has 0 saturated carbocycles. The lowest BCUT2D eigenvalue weighted by Crippen LogP contribution is -2.17. The molecule has 1 aliphatic carbocycles. The minimum Gasteiger partial charge on any atom is -0.311 e. The maximum absolute atomic E-state index is 2.48. The number of nitrogens with zero attached hydrogens (tertiary/aromatic N) is 3. The van der Waals surface area contributed by atoms with Crippen molar-refractivity contribution >= 4 is 77.5 Å². The second-order valence-electron chi connectivity index (χ2n) is 19.8. The minimum atomic E-state index is -0.261. The van der Waals surface area contributed by atoms with Gasteiger partial charge >= 0.3 is 0 Å². The van der Waals surface area contributed by atoms with Crippen LogP contribution in [0, 0.1) is 0 Å². The fourth-order valence-electron chi connectivity index (χ4n) is 11.7. The van der Waals surface area contributed by atoms with Gasteiger partial charge in [0.1, 0.15) is 0 Å². The van der Waals surface area contributed by atoms with E-state index in [1.807, 2.05) is 0 Å². The molecule has 0 bridgehead atoms. The van der Waals surface area contributed by atoms with E-state index in [9.17, 15) is 0 Å². The number of hydrogen-bond donors (Lipinski definition) is 0. The van der Waals surface area contributed by atoms with Crippen molar-refractivity contribution in [3.8, 4) is 39.1 Å². The summed E-state index contributed by atoms with van der Waals surface area (Å²) in [7, 11) is 0. The van der Waals surface area contributed by atoms with Gasteiger partial charge in [-0.15, -0.1) is 0 Å². The molecule has 0 unspecified atom stereocenters. The van der Waals surface area contributed by atoms with Gasteiger partial charge in [0.25, 0.3) is 0 Å². The normalized spacial score (nSPS) is 12.7. The Balaban J connectivity index is 0.866. The van der Waals surface area contributed by atoms with Crippen molar-refractivity contribution in [3.63, 3.8) is 0 Å². The molecule has 0 atom stereocenters. The third kappa shape index (κ3) is 6.73. The first-order valence-electron chi connectivity index (χ1n) is 25.0. The fourth-order valence-corrected chi connectivity index (χ4v) is 11.7. The largest absolute Gasteiger partial charge is 0.311 e. The van der Waals surface area contributed by atoms with Gasteiger partial charge < -0.3 is 14.4 Å². The highest BCUT2D eigenvalue weighted by atomic mass is 15.2. The summed E-state index contributed by atoms with van der Waals surface area (Å²) in [5.74, 6) is 0. The van der Waals surface area contributed by atoms with E-state index in [2.05, 4.69) is 289 Å². The average Bonchev–Trinajstić information content (AvgIpc) is 3.89. The van der Waals surface area contributed by atoms with Crippen molar-refractivity contribution in [2.45, 2.75) is 19.3 Å². The molecule has 12 aromatic carbocycles. The molecule has 1 heterocycles. The second kappa shape index (κ2) is 16.5. The summed E-state index contributed by atoms with van der Waals surface area (Å²) in [6.45, 7) is 4.80. The highest BCUT2D eigenvalue weighted by molar-refractivity contribution is 6.25. The molecule has 0 aliphatic heterocycles. The Bertz CT molecular complexity index is 4110. The monoisotopic (exact) mass is 919 g/mol. The van der Waals surface area contributed by atoms with E-state index < -0.39 is 0 Å². The molecule has 1 aliphatic rings. The number of benzene rings is 12. The van der Waals surface area contributed by atoms with Crippen LogP contribution in [0.4, 0.5) is 34.1 Å². The van der Waals surface area contributed by atoms with Crippen LogP contribution in [-0.2, 0) is 5.41 Å². The zero-order valence-corrected chi connectivity index (χ0v) is 40.2. The highest BCUT2D eigenvalue weighted by Crippen LogP contribution is 2.52. The number of fused-ring (bicyclic) bond motifs is 4. The topological polar surface area (TPSA) is 11.4 Å². The number of aromatic nitrogens is 1. The summed E-state index contributed by atoms with van der Waals surface area (Å²) in [5, 5.41) is 7.66. The van der Waals surface area contributed by atoms with E-state index in [4.69, 9.17) is 0 Å². The Hall–Kier alpha value is -9.18. The molecule has 14 rings (SSSR count). The van der Waals surface area contributed by atoms with Crippen LogP contribution in [0.15, 0.2) is 261 Å². The Labute approximate surface area is 420 Å². The smallest absolute Gasteiger partial charge is 0.0553 e. The molecule has 13 aromatic rings. The van der Waals surface area contributed by atoms with Gasteiger partial charge in [-0.3, -0.25) is 0 Å². The number of para-hydroxylation sites is 2. The molecule has 340 valence electrons. The van der Waals surface area contributed by atoms with E-state index in [1.54, 1.807) is 0 Å². The van der Waals surface area contributed by atoms with Crippen LogP contribution in [0.25, 0.3) is 82.4 Å². The van der Waals surface area contributed by atoms with Crippen LogP contribution >= 0.6 is 0 Å². The lowest BCUT2D eigenvalue weighted by molar-refractivity contribution is 0.660. The summed E-state index contributed by atoms with van der Waals surface area (Å²) in [6, 6.07) is 95.8. The van der Waals surface area contributed by atoms with Gasteiger partial charge in [0.2, 0.25) is 0 Å². The summed E-state index contributed by atoms with van der Waals surface area (Å²) in [6.07, 6.45) is 0. The van der Waals surface area contributed by atoms with Crippen molar-refractivity contribution in [2.24, 2.45) is 0 Å². The van der Waals surface area contributed by atoms with Crippen LogP contribution in [0.3, 0.4) is 0 Å². The van der Waals surface area contributed by atoms with Gasteiger partial charge in [-0.05, 0) is 175 Å². The predicted octanol–water partition coefficient (Wildman–Crippen LogP) is 19.1. The van der Waals surface area contributed by atoms with Crippen molar-refractivity contribution in [1.82, 2.24) is 4.57 Å². The standard InChI is InChI=1S/C69H49N3/c1-69(2)63-43-51(53-41-52-26-25-49-19-14-24-65-67(49)68(52)66(44-53)72(65)59-33-29-47-17-12-13-18-50(47)42-59)30-39-61(63)62-40-38-60(45-64(62)69)71(56-31-27-48(28-32-56)46-15-6-3-7-16-46)58-36-34-57(35-37-58)70(54-20-8-4-9-21-54)55-22-10-5-11-23-55/h3-45H,1-2H3. The van der Waals surface area contributed by atoms with E-state index >= 15 is 0 Å². The Morgan fingerprint density at radius 1 is 0.292 bits per heavy atom. The van der Waals surface area contributed by atoms with E-state index in [-0.39, 0.29) is 5.41 Å². The number of rotatable bonds is 9. The molecule has 0 radical (unpaired) electrons. The van der Waals surface area contributed by atoms with Gasteiger partial charge in [0.15, 0.2) is 0 Å². The highest BCUT2D eigenvalue weighted by Gasteiger charge is 2.36. The van der Waals surface area contributed by atoms with Gasteiger partial charge in [0, 0.05) is 56.0 Å². The Morgan fingerprint density at radius 3 is 1.47 bits per heavy atom. The predicted molar refractivity (Wildman–Crippen MR) is 305 cm³/mol. The molecule has 0 amide bonds. The molecule has 72 heavy (non-hydrogen) atoms. The van der Waals surface area contributed by atoms with Gasteiger partial charge in [-0.25, -0.2) is 0 Å². The Kier molecular flexibility index (Phi) is 9.56. The molecule has 0 fully saturated rings. The molecule has 1 aromatic heterocycles. The number of anilines is 6. The first kappa shape index (κ1) is 41.8. The second-order valence-corrected chi connectivity index (χ2v) is 19.8. The summed E-state index contributed by atoms with van der Waals surface area (Å²) < 4.78 is 2.48. The quantitative estimate of drug-likeness (QED) is 0.134. The van der Waals surface area contributed by atoms with Gasteiger partial charge in [-0.1, -0.05) is 166 Å². The molecular weight excluding hydrogens is 871 g/mol.